The lowest BCUT2D eigenvalue weighted by Crippen LogP contribution is -2.49. The van der Waals surface area contributed by atoms with E-state index in [9.17, 15) is 14.0 Å². The Bertz CT molecular complexity index is 858. The number of ether oxygens (including phenoxy) is 1. The third kappa shape index (κ3) is 7.02. The van der Waals surface area contributed by atoms with E-state index in [4.69, 9.17) is 16.3 Å². The van der Waals surface area contributed by atoms with Crippen LogP contribution in [0.4, 0.5) is 4.39 Å². The largest absolute Gasteiger partial charge is 0.484 e. The van der Waals surface area contributed by atoms with E-state index in [-0.39, 0.29) is 30.8 Å². The van der Waals surface area contributed by atoms with E-state index in [0.717, 1.165) is 24.0 Å². The van der Waals surface area contributed by atoms with Gasteiger partial charge in [0.2, 0.25) is 5.91 Å². The molecule has 162 valence electrons. The van der Waals surface area contributed by atoms with Gasteiger partial charge in [0.25, 0.3) is 5.91 Å². The van der Waals surface area contributed by atoms with Gasteiger partial charge < -0.3 is 15.0 Å². The average Bonchev–Trinajstić information content (AvgIpc) is 2.73. The molecule has 0 radical (unpaired) electrons. The van der Waals surface area contributed by atoms with Crippen LogP contribution < -0.4 is 10.1 Å². The zero-order chi connectivity index (χ0) is 22.1. The molecule has 2 aromatic rings. The molecule has 1 N–H and O–H groups in total. The molecule has 5 nitrogen and oxygen atoms in total. The molecule has 0 aliphatic rings. The van der Waals surface area contributed by atoms with Crippen molar-refractivity contribution in [3.63, 3.8) is 0 Å². The van der Waals surface area contributed by atoms with Crippen LogP contribution in [-0.4, -0.2) is 35.9 Å². The summed E-state index contributed by atoms with van der Waals surface area (Å²) in [6, 6.07) is 10.3. The van der Waals surface area contributed by atoms with Crippen LogP contribution in [0.25, 0.3) is 0 Å². The van der Waals surface area contributed by atoms with Gasteiger partial charge in [-0.25, -0.2) is 4.39 Å². The smallest absolute Gasteiger partial charge is 0.261 e. The highest BCUT2D eigenvalue weighted by atomic mass is 35.5. The fourth-order valence-electron chi connectivity index (χ4n) is 2.84. The van der Waals surface area contributed by atoms with Crippen molar-refractivity contribution in [2.24, 2.45) is 0 Å². The number of carbonyl (C=O) groups excluding carboxylic acids is 2. The number of benzene rings is 2. The number of amides is 2. The van der Waals surface area contributed by atoms with Gasteiger partial charge in [0.05, 0.1) is 0 Å². The van der Waals surface area contributed by atoms with E-state index < -0.39 is 6.04 Å². The minimum atomic E-state index is -0.699. The Kier molecular flexibility index (Phi) is 9.12. The molecule has 1 atom stereocenters. The van der Waals surface area contributed by atoms with Crippen molar-refractivity contribution in [3.8, 4) is 5.75 Å². The summed E-state index contributed by atoms with van der Waals surface area (Å²) in [5, 5.41) is 3.47. The van der Waals surface area contributed by atoms with Crippen LogP contribution in [0.3, 0.4) is 0 Å². The number of unbranched alkanes of at least 4 members (excludes halogenated alkanes) is 1. The summed E-state index contributed by atoms with van der Waals surface area (Å²) in [7, 11) is 0. The highest BCUT2D eigenvalue weighted by Crippen LogP contribution is 2.21. The van der Waals surface area contributed by atoms with Crippen LogP contribution in [0.15, 0.2) is 42.5 Å². The normalized spacial score (nSPS) is 11.6. The minimum Gasteiger partial charge on any atom is -0.484 e. The van der Waals surface area contributed by atoms with Crippen LogP contribution in [-0.2, 0) is 16.1 Å². The number of hydrogen-bond donors (Lipinski definition) is 1. The molecule has 0 spiro atoms. The maximum absolute atomic E-state index is 13.2. The van der Waals surface area contributed by atoms with Crippen molar-refractivity contribution in [1.29, 1.82) is 0 Å². The number of nitrogens with zero attached hydrogens (tertiary/aromatic N) is 1. The Morgan fingerprint density at radius 3 is 2.53 bits per heavy atom. The number of rotatable bonds is 10. The summed E-state index contributed by atoms with van der Waals surface area (Å²) in [5.41, 5.74) is 1.56. The second kappa shape index (κ2) is 11.6. The molecule has 0 aliphatic carbocycles. The molecule has 0 bridgehead atoms. The van der Waals surface area contributed by atoms with Gasteiger partial charge >= 0.3 is 0 Å². The zero-order valence-electron chi connectivity index (χ0n) is 17.6. The highest BCUT2D eigenvalue weighted by molar-refractivity contribution is 6.31. The fraction of sp³-hybridized carbons (Fsp3) is 0.391. The minimum absolute atomic E-state index is 0.171. The van der Waals surface area contributed by atoms with Crippen molar-refractivity contribution in [2.45, 2.75) is 46.2 Å². The van der Waals surface area contributed by atoms with E-state index >= 15 is 0 Å². The quantitative estimate of drug-likeness (QED) is 0.560. The predicted molar refractivity (Wildman–Crippen MR) is 116 cm³/mol. The Hall–Kier alpha value is -2.60. The lowest BCUT2D eigenvalue weighted by molar-refractivity contribution is -0.142. The van der Waals surface area contributed by atoms with Gasteiger partial charge in [0.15, 0.2) is 6.61 Å². The fourth-order valence-corrected chi connectivity index (χ4v) is 2.96. The monoisotopic (exact) mass is 434 g/mol. The van der Waals surface area contributed by atoms with Gasteiger partial charge in [-0.15, -0.1) is 0 Å². The number of halogens is 2. The summed E-state index contributed by atoms with van der Waals surface area (Å²) < 4.78 is 18.9. The summed E-state index contributed by atoms with van der Waals surface area (Å²) in [6.45, 7) is 6.06. The average molecular weight is 435 g/mol. The standard InChI is InChI=1S/C23H28ClFN2O3/c1-4-5-12-26-23(29)17(3)27(14-18-6-8-19(25)9-7-18)22(28)15-30-20-10-11-21(24)16(2)13-20/h6-11,13,17H,4-5,12,14-15H2,1-3H3,(H,26,29)/t17-/m1/s1. The van der Waals surface area contributed by atoms with Gasteiger partial charge in [-0.3, -0.25) is 9.59 Å². The van der Waals surface area contributed by atoms with Crippen LogP contribution in [0.2, 0.25) is 5.02 Å². The first-order valence-electron chi connectivity index (χ1n) is 10.0. The molecule has 0 fully saturated rings. The lowest BCUT2D eigenvalue weighted by atomic mass is 10.1. The van der Waals surface area contributed by atoms with Crippen molar-refractivity contribution >= 4 is 23.4 Å². The second-order valence-electron chi connectivity index (χ2n) is 7.17. The molecule has 7 heteroatoms. The lowest BCUT2D eigenvalue weighted by Gasteiger charge is -2.28. The molecule has 0 unspecified atom stereocenters. The number of aryl methyl sites for hydroxylation is 1. The Labute approximate surface area is 182 Å². The van der Waals surface area contributed by atoms with Gasteiger partial charge in [-0.2, -0.15) is 0 Å². The number of carbonyl (C=O) groups is 2. The molecular formula is C23H28ClFN2O3. The first kappa shape index (κ1) is 23.7. The third-order valence-electron chi connectivity index (χ3n) is 4.75. The van der Waals surface area contributed by atoms with Gasteiger partial charge in [0, 0.05) is 18.1 Å². The molecule has 0 aliphatic heterocycles. The van der Waals surface area contributed by atoms with Crippen LogP contribution in [0.1, 0.15) is 37.8 Å². The van der Waals surface area contributed by atoms with Crippen molar-refractivity contribution < 1.29 is 18.7 Å². The van der Waals surface area contributed by atoms with Gasteiger partial charge in [-0.1, -0.05) is 37.1 Å². The molecule has 0 saturated heterocycles. The Morgan fingerprint density at radius 2 is 1.90 bits per heavy atom. The number of nitrogens with one attached hydrogen (secondary N) is 1. The predicted octanol–water partition coefficient (Wildman–Crippen LogP) is 4.50. The Balaban J connectivity index is 2.11. The van der Waals surface area contributed by atoms with E-state index in [0.29, 0.717) is 17.3 Å². The van der Waals surface area contributed by atoms with Crippen LogP contribution >= 0.6 is 11.6 Å². The molecule has 0 heterocycles. The molecule has 2 aromatic carbocycles. The van der Waals surface area contributed by atoms with Crippen LogP contribution in [0.5, 0.6) is 5.75 Å². The topological polar surface area (TPSA) is 58.6 Å². The van der Waals surface area contributed by atoms with Crippen molar-refractivity contribution in [1.82, 2.24) is 10.2 Å². The summed E-state index contributed by atoms with van der Waals surface area (Å²) in [6.07, 6.45) is 1.82. The highest BCUT2D eigenvalue weighted by Gasteiger charge is 2.26. The summed E-state index contributed by atoms with van der Waals surface area (Å²) >= 11 is 6.02. The van der Waals surface area contributed by atoms with E-state index in [2.05, 4.69) is 5.32 Å². The zero-order valence-corrected chi connectivity index (χ0v) is 18.3. The van der Waals surface area contributed by atoms with E-state index in [1.165, 1.54) is 17.0 Å². The maximum Gasteiger partial charge on any atom is 0.261 e. The first-order valence-corrected chi connectivity index (χ1v) is 10.4. The molecule has 0 aromatic heterocycles. The molecule has 2 amide bonds. The molecule has 0 saturated carbocycles. The maximum atomic E-state index is 13.2. The SMILES string of the molecule is CCCCNC(=O)[C@@H](C)N(Cc1ccc(F)cc1)C(=O)COc1ccc(Cl)c(C)c1. The van der Waals surface area contributed by atoms with Crippen molar-refractivity contribution in [3.05, 3.63) is 64.4 Å². The second-order valence-corrected chi connectivity index (χ2v) is 7.58. The van der Waals surface area contributed by atoms with Gasteiger partial charge in [0.1, 0.15) is 17.6 Å². The van der Waals surface area contributed by atoms with E-state index in [1.807, 2.05) is 13.8 Å². The van der Waals surface area contributed by atoms with Crippen molar-refractivity contribution in [2.75, 3.05) is 13.2 Å². The van der Waals surface area contributed by atoms with Gasteiger partial charge in [-0.05, 0) is 61.7 Å². The first-order chi connectivity index (χ1) is 14.3. The molecule has 30 heavy (non-hydrogen) atoms. The van der Waals surface area contributed by atoms with Crippen LogP contribution in [0, 0.1) is 12.7 Å². The summed E-state index contributed by atoms with van der Waals surface area (Å²) in [4.78, 5) is 26.9. The number of hydrogen-bond acceptors (Lipinski definition) is 3. The molecule has 2 rings (SSSR count). The van der Waals surface area contributed by atoms with E-state index in [1.54, 1.807) is 37.3 Å². The summed E-state index contributed by atoms with van der Waals surface area (Å²) in [5.74, 6) is -0.415. The molecular weight excluding hydrogens is 407 g/mol. The Morgan fingerprint density at radius 1 is 1.20 bits per heavy atom. The third-order valence-corrected chi connectivity index (χ3v) is 5.18.